The summed E-state index contributed by atoms with van der Waals surface area (Å²) in [4.78, 5) is 24.1. The lowest BCUT2D eigenvalue weighted by molar-refractivity contribution is -0.156. The fourth-order valence-corrected chi connectivity index (χ4v) is 2.44. The number of hydrogen-bond acceptors (Lipinski definition) is 4. The summed E-state index contributed by atoms with van der Waals surface area (Å²) in [6.07, 6.45) is -0.736. The fraction of sp³-hybridized carbons (Fsp3) is 0.429. The predicted molar refractivity (Wildman–Crippen MR) is 72.3 cm³/mol. The third kappa shape index (κ3) is 4.53. The number of hydrogen-bond donors (Lipinski definition) is 0. The molecule has 0 aliphatic rings. The molecule has 1 aromatic carbocycles. The zero-order valence-corrected chi connectivity index (χ0v) is 11.9. The van der Waals surface area contributed by atoms with Gasteiger partial charge in [-0.05, 0) is 23.9 Å². The summed E-state index contributed by atoms with van der Waals surface area (Å²) < 4.78 is 5.14. The summed E-state index contributed by atoms with van der Waals surface area (Å²) in [5.74, 6) is -0.433. The zero-order valence-electron chi connectivity index (χ0n) is 11.1. The maximum absolute atomic E-state index is 12.2. The van der Waals surface area contributed by atoms with Crippen molar-refractivity contribution in [2.24, 2.45) is 5.41 Å². The van der Waals surface area contributed by atoms with Crippen molar-refractivity contribution in [1.29, 1.82) is 0 Å². The van der Waals surface area contributed by atoms with Crippen LogP contribution in [0.2, 0.25) is 0 Å². The SMILES string of the molecule is CC(=O)O[C@H](C(=O)Sc1ccccc1)C(C)(C)C. The van der Waals surface area contributed by atoms with Crippen LogP contribution in [-0.2, 0) is 14.3 Å². The van der Waals surface area contributed by atoms with Gasteiger partial charge in [0.05, 0.1) is 0 Å². The van der Waals surface area contributed by atoms with E-state index < -0.39 is 17.5 Å². The van der Waals surface area contributed by atoms with Crippen molar-refractivity contribution >= 4 is 22.8 Å². The Hall–Kier alpha value is -1.29. The van der Waals surface area contributed by atoms with Crippen LogP contribution in [0.3, 0.4) is 0 Å². The minimum Gasteiger partial charge on any atom is -0.453 e. The summed E-state index contributed by atoms with van der Waals surface area (Å²) >= 11 is 1.10. The first kappa shape index (κ1) is 14.8. The van der Waals surface area contributed by atoms with Gasteiger partial charge in [0.1, 0.15) is 0 Å². The Balaban J connectivity index is 2.80. The molecular weight excluding hydrogens is 248 g/mol. The molecule has 0 radical (unpaired) electrons. The molecule has 0 spiro atoms. The smallest absolute Gasteiger partial charge is 0.303 e. The maximum atomic E-state index is 12.2. The Labute approximate surface area is 112 Å². The molecule has 1 atom stereocenters. The normalized spacial score (nSPS) is 12.9. The molecule has 1 rings (SSSR count). The third-order valence-electron chi connectivity index (χ3n) is 2.25. The molecular formula is C14H18O3S. The fourth-order valence-electron chi connectivity index (χ4n) is 1.40. The van der Waals surface area contributed by atoms with Crippen molar-refractivity contribution in [2.45, 2.75) is 38.7 Å². The summed E-state index contributed by atoms with van der Waals surface area (Å²) in [7, 11) is 0. The van der Waals surface area contributed by atoms with Crippen molar-refractivity contribution < 1.29 is 14.3 Å². The zero-order chi connectivity index (χ0) is 13.8. The molecule has 0 bridgehead atoms. The van der Waals surface area contributed by atoms with E-state index in [0.29, 0.717) is 0 Å². The second-order valence-electron chi connectivity index (χ2n) is 5.09. The Morgan fingerprint density at radius 1 is 1.17 bits per heavy atom. The molecule has 1 aromatic rings. The quantitative estimate of drug-likeness (QED) is 0.622. The number of rotatable bonds is 3. The number of carbonyl (C=O) groups excluding carboxylic acids is 2. The van der Waals surface area contributed by atoms with Gasteiger partial charge in [0.15, 0.2) is 6.10 Å². The number of thioether (sulfide) groups is 1. The lowest BCUT2D eigenvalue weighted by Gasteiger charge is -2.28. The molecule has 0 aromatic heterocycles. The van der Waals surface area contributed by atoms with E-state index in [1.54, 1.807) is 0 Å². The van der Waals surface area contributed by atoms with Gasteiger partial charge in [-0.2, -0.15) is 0 Å². The first-order valence-electron chi connectivity index (χ1n) is 5.74. The highest BCUT2D eigenvalue weighted by atomic mass is 32.2. The van der Waals surface area contributed by atoms with Gasteiger partial charge in [0, 0.05) is 17.2 Å². The van der Waals surface area contributed by atoms with E-state index in [0.717, 1.165) is 16.7 Å². The summed E-state index contributed by atoms with van der Waals surface area (Å²) in [6.45, 7) is 6.96. The topological polar surface area (TPSA) is 43.4 Å². The van der Waals surface area contributed by atoms with Crippen LogP contribution in [0.5, 0.6) is 0 Å². The minimum atomic E-state index is -0.736. The highest BCUT2D eigenvalue weighted by Crippen LogP contribution is 2.30. The van der Waals surface area contributed by atoms with Gasteiger partial charge in [-0.25, -0.2) is 0 Å². The van der Waals surface area contributed by atoms with E-state index in [1.165, 1.54) is 6.92 Å². The molecule has 0 saturated heterocycles. The van der Waals surface area contributed by atoms with Crippen LogP contribution in [-0.4, -0.2) is 17.2 Å². The van der Waals surface area contributed by atoms with Crippen LogP contribution in [0.1, 0.15) is 27.7 Å². The monoisotopic (exact) mass is 266 g/mol. The van der Waals surface area contributed by atoms with Crippen molar-refractivity contribution in [2.75, 3.05) is 0 Å². The van der Waals surface area contributed by atoms with Crippen molar-refractivity contribution in [3.63, 3.8) is 0 Å². The second-order valence-corrected chi connectivity index (χ2v) is 6.17. The number of carbonyl (C=O) groups is 2. The predicted octanol–water partition coefficient (Wildman–Crippen LogP) is 3.28. The Bertz CT molecular complexity index is 420. The Kier molecular flexibility index (Phi) is 4.96. The number of esters is 1. The van der Waals surface area contributed by atoms with E-state index in [1.807, 2.05) is 51.1 Å². The van der Waals surface area contributed by atoms with E-state index in [2.05, 4.69) is 0 Å². The Morgan fingerprint density at radius 3 is 2.17 bits per heavy atom. The van der Waals surface area contributed by atoms with Gasteiger partial charge in [0.2, 0.25) is 5.12 Å². The molecule has 0 aliphatic heterocycles. The molecule has 4 heteroatoms. The van der Waals surface area contributed by atoms with E-state index in [4.69, 9.17) is 4.74 Å². The molecule has 0 heterocycles. The van der Waals surface area contributed by atoms with E-state index in [-0.39, 0.29) is 5.12 Å². The minimum absolute atomic E-state index is 0.149. The molecule has 0 N–H and O–H groups in total. The van der Waals surface area contributed by atoms with E-state index >= 15 is 0 Å². The van der Waals surface area contributed by atoms with E-state index in [9.17, 15) is 9.59 Å². The molecule has 0 fully saturated rings. The van der Waals surface area contributed by atoms with Crippen LogP contribution in [0.15, 0.2) is 35.2 Å². The molecule has 0 saturated carbocycles. The lowest BCUT2D eigenvalue weighted by atomic mass is 9.90. The van der Waals surface area contributed by atoms with Crippen molar-refractivity contribution in [3.05, 3.63) is 30.3 Å². The van der Waals surface area contributed by atoms with Gasteiger partial charge in [-0.3, -0.25) is 9.59 Å². The third-order valence-corrected chi connectivity index (χ3v) is 3.17. The molecule has 0 aliphatic carbocycles. The van der Waals surface area contributed by atoms with Crippen LogP contribution in [0.4, 0.5) is 0 Å². The first-order valence-corrected chi connectivity index (χ1v) is 6.56. The van der Waals surface area contributed by atoms with Gasteiger partial charge in [-0.1, -0.05) is 39.0 Å². The van der Waals surface area contributed by atoms with Crippen LogP contribution < -0.4 is 0 Å². The van der Waals surface area contributed by atoms with Gasteiger partial charge in [0.25, 0.3) is 0 Å². The maximum Gasteiger partial charge on any atom is 0.303 e. The van der Waals surface area contributed by atoms with Crippen molar-refractivity contribution in [1.82, 2.24) is 0 Å². The van der Waals surface area contributed by atoms with Crippen molar-refractivity contribution in [3.8, 4) is 0 Å². The molecule has 98 valence electrons. The molecule has 3 nitrogen and oxygen atoms in total. The number of benzene rings is 1. The largest absolute Gasteiger partial charge is 0.453 e. The highest BCUT2D eigenvalue weighted by molar-refractivity contribution is 8.13. The van der Waals surface area contributed by atoms with Gasteiger partial charge < -0.3 is 4.74 Å². The molecule has 18 heavy (non-hydrogen) atoms. The summed E-state index contributed by atoms with van der Waals surface area (Å²) in [5.41, 5.74) is -0.412. The standard InChI is InChI=1S/C14H18O3S/c1-10(15)17-12(14(2,3)4)13(16)18-11-8-6-5-7-9-11/h5-9,12H,1-4H3/t12-/m1/s1. The van der Waals surface area contributed by atoms with Crippen LogP contribution >= 0.6 is 11.8 Å². The van der Waals surface area contributed by atoms with Gasteiger partial charge >= 0.3 is 5.97 Å². The second kappa shape index (κ2) is 6.05. The summed E-state index contributed by atoms with van der Waals surface area (Å²) in [6, 6.07) is 9.34. The van der Waals surface area contributed by atoms with Crippen LogP contribution in [0.25, 0.3) is 0 Å². The molecule has 0 amide bonds. The molecule has 0 unspecified atom stereocenters. The summed E-state index contributed by atoms with van der Waals surface area (Å²) in [5, 5.41) is -0.149. The average molecular weight is 266 g/mol. The highest BCUT2D eigenvalue weighted by Gasteiger charge is 2.34. The first-order chi connectivity index (χ1) is 8.30. The average Bonchev–Trinajstić information content (AvgIpc) is 2.25. The Morgan fingerprint density at radius 2 is 1.72 bits per heavy atom. The number of ether oxygens (including phenoxy) is 1. The van der Waals surface area contributed by atoms with Crippen LogP contribution in [0, 0.1) is 5.41 Å². The van der Waals surface area contributed by atoms with Gasteiger partial charge in [-0.15, -0.1) is 0 Å². The lowest BCUT2D eigenvalue weighted by Crippen LogP contribution is -2.36.